The van der Waals surface area contributed by atoms with Gasteiger partial charge in [-0.25, -0.2) is 0 Å². The topological polar surface area (TPSA) is 12.9 Å². The zero-order chi connectivity index (χ0) is 10.9. The zero-order valence-electron chi connectivity index (χ0n) is 9.20. The summed E-state index contributed by atoms with van der Waals surface area (Å²) in [5, 5.41) is 1.40. The molecule has 1 nitrogen and oxygen atoms in total. The molecule has 0 saturated carbocycles. The van der Waals surface area contributed by atoms with Crippen LogP contribution in [0.5, 0.6) is 0 Å². The SMILES string of the molecule is CCC(C)(P)c1ccnc2ccccc12. The quantitative estimate of drug-likeness (QED) is 0.698. The molecule has 78 valence electrons. The van der Waals surface area contributed by atoms with Gasteiger partial charge in [0, 0.05) is 16.7 Å². The molecule has 0 fully saturated rings. The highest BCUT2D eigenvalue weighted by Gasteiger charge is 2.20. The lowest BCUT2D eigenvalue weighted by molar-refractivity contribution is 0.669. The van der Waals surface area contributed by atoms with Gasteiger partial charge in [0.15, 0.2) is 0 Å². The van der Waals surface area contributed by atoms with Gasteiger partial charge in [0.1, 0.15) is 0 Å². The van der Waals surface area contributed by atoms with E-state index in [-0.39, 0.29) is 5.16 Å². The van der Waals surface area contributed by atoms with Gasteiger partial charge in [0.25, 0.3) is 0 Å². The molecule has 2 heteroatoms. The van der Waals surface area contributed by atoms with Crippen molar-refractivity contribution in [3.05, 3.63) is 42.1 Å². The number of aromatic nitrogens is 1. The fourth-order valence-electron chi connectivity index (χ4n) is 1.78. The monoisotopic (exact) mass is 217 g/mol. The van der Waals surface area contributed by atoms with Gasteiger partial charge < -0.3 is 0 Å². The van der Waals surface area contributed by atoms with Crippen molar-refractivity contribution in [1.29, 1.82) is 0 Å². The van der Waals surface area contributed by atoms with Gasteiger partial charge >= 0.3 is 0 Å². The summed E-state index contributed by atoms with van der Waals surface area (Å²) in [4.78, 5) is 4.38. The maximum atomic E-state index is 4.38. The number of pyridine rings is 1. The van der Waals surface area contributed by atoms with Crippen molar-refractivity contribution in [1.82, 2.24) is 4.98 Å². The van der Waals surface area contributed by atoms with E-state index in [0.717, 1.165) is 11.9 Å². The summed E-state index contributed by atoms with van der Waals surface area (Å²) < 4.78 is 0. The summed E-state index contributed by atoms with van der Waals surface area (Å²) in [5.41, 5.74) is 2.44. The fourth-order valence-corrected chi connectivity index (χ4v) is 2.04. The molecule has 0 spiro atoms. The molecule has 0 amide bonds. The van der Waals surface area contributed by atoms with Crippen LogP contribution < -0.4 is 0 Å². The van der Waals surface area contributed by atoms with Crippen molar-refractivity contribution < 1.29 is 0 Å². The summed E-state index contributed by atoms with van der Waals surface area (Å²) in [6.07, 6.45) is 3.00. The molecule has 0 aliphatic carbocycles. The van der Waals surface area contributed by atoms with Crippen molar-refractivity contribution in [2.75, 3.05) is 0 Å². The predicted octanol–water partition coefficient (Wildman–Crippen LogP) is 3.74. The minimum absolute atomic E-state index is 0.141. The summed E-state index contributed by atoms with van der Waals surface area (Å²) in [7, 11) is 2.95. The lowest BCUT2D eigenvalue weighted by Gasteiger charge is -2.24. The number of nitrogens with zero attached hydrogens (tertiary/aromatic N) is 1. The van der Waals surface area contributed by atoms with Crippen LogP contribution in [0.2, 0.25) is 0 Å². The number of benzene rings is 1. The third-order valence-electron chi connectivity index (χ3n) is 3.00. The fraction of sp³-hybridized carbons (Fsp3) is 0.308. The molecule has 0 radical (unpaired) electrons. The average molecular weight is 217 g/mol. The van der Waals surface area contributed by atoms with E-state index in [1.165, 1.54) is 10.9 Å². The highest BCUT2D eigenvalue weighted by Crippen LogP contribution is 2.37. The van der Waals surface area contributed by atoms with Gasteiger partial charge in [-0.3, -0.25) is 4.98 Å². The van der Waals surface area contributed by atoms with E-state index in [1.54, 1.807) is 0 Å². The number of para-hydroxylation sites is 1. The Kier molecular flexibility index (Phi) is 2.75. The van der Waals surface area contributed by atoms with Crippen molar-refractivity contribution in [2.24, 2.45) is 0 Å². The summed E-state index contributed by atoms with van der Waals surface area (Å²) in [6, 6.07) is 10.4. The maximum Gasteiger partial charge on any atom is 0.0705 e. The van der Waals surface area contributed by atoms with Crippen LogP contribution in [0, 0.1) is 0 Å². The van der Waals surface area contributed by atoms with E-state index in [1.807, 2.05) is 12.3 Å². The third-order valence-corrected chi connectivity index (χ3v) is 3.72. The Morgan fingerprint density at radius 1 is 1.27 bits per heavy atom. The molecule has 2 atom stereocenters. The summed E-state index contributed by atoms with van der Waals surface area (Å²) in [6.45, 7) is 4.46. The van der Waals surface area contributed by atoms with Gasteiger partial charge in [-0.15, -0.1) is 9.24 Å². The van der Waals surface area contributed by atoms with Crippen LogP contribution >= 0.6 is 9.24 Å². The number of hydrogen-bond acceptors (Lipinski definition) is 1. The number of hydrogen-bond donors (Lipinski definition) is 0. The van der Waals surface area contributed by atoms with Crippen LogP contribution in [0.3, 0.4) is 0 Å². The average Bonchev–Trinajstić information content (AvgIpc) is 2.28. The third kappa shape index (κ3) is 1.89. The van der Waals surface area contributed by atoms with E-state index >= 15 is 0 Å². The van der Waals surface area contributed by atoms with Crippen molar-refractivity contribution in [3.8, 4) is 0 Å². The minimum atomic E-state index is 0.141. The molecule has 1 heterocycles. The van der Waals surface area contributed by atoms with Crippen molar-refractivity contribution in [3.63, 3.8) is 0 Å². The molecular weight excluding hydrogens is 201 g/mol. The van der Waals surface area contributed by atoms with Crippen LogP contribution in [0.15, 0.2) is 36.5 Å². The molecule has 0 N–H and O–H groups in total. The Labute approximate surface area is 93.1 Å². The normalized spacial score (nSPS) is 15.1. The Hall–Kier alpha value is -0.940. The Morgan fingerprint density at radius 3 is 2.73 bits per heavy atom. The highest BCUT2D eigenvalue weighted by molar-refractivity contribution is 7.18. The number of fused-ring (bicyclic) bond motifs is 1. The van der Waals surface area contributed by atoms with Crippen molar-refractivity contribution >= 4 is 20.1 Å². The smallest absolute Gasteiger partial charge is 0.0705 e. The first-order chi connectivity index (χ1) is 7.15. The molecule has 2 unspecified atom stereocenters. The minimum Gasteiger partial charge on any atom is -0.256 e. The molecule has 0 aliphatic rings. The predicted molar refractivity (Wildman–Crippen MR) is 69.1 cm³/mol. The molecule has 2 rings (SSSR count). The zero-order valence-corrected chi connectivity index (χ0v) is 10.4. The Morgan fingerprint density at radius 2 is 2.00 bits per heavy atom. The number of rotatable bonds is 2. The Balaban J connectivity index is 2.71. The lowest BCUT2D eigenvalue weighted by atomic mass is 9.94. The standard InChI is InChI=1S/C13H16NP/c1-3-13(2,15)11-8-9-14-12-7-5-4-6-10(11)12/h4-9H,3,15H2,1-2H3. The van der Waals surface area contributed by atoms with Crippen molar-refractivity contribution in [2.45, 2.75) is 25.4 Å². The van der Waals surface area contributed by atoms with Crippen LogP contribution in [-0.2, 0) is 5.16 Å². The van der Waals surface area contributed by atoms with Gasteiger partial charge in [0.05, 0.1) is 5.52 Å². The van der Waals surface area contributed by atoms with E-state index in [2.05, 4.69) is 52.3 Å². The molecule has 1 aromatic carbocycles. The molecule has 0 saturated heterocycles. The molecule has 1 aromatic heterocycles. The van der Waals surface area contributed by atoms with Gasteiger partial charge in [-0.2, -0.15) is 0 Å². The van der Waals surface area contributed by atoms with Crippen LogP contribution in [0.4, 0.5) is 0 Å². The second-order valence-electron chi connectivity index (χ2n) is 4.15. The molecule has 2 aromatic rings. The molecule has 0 bridgehead atoms. The van der Waals surface area contributed by atoms with Crippen LogP contribution in [0.25, 0.3) is 10.9 Å². The van der Waals surface area contributed by atoms with Gasteiger partial charge in [-0.05, 0) is 24.1 Å². The summed E-state index contributed by atoms with van der Waals surface area (Å²) in [5.74, 6) is 0. The second-order valence-corrected chi connectivity index (χ2v) is 5.42. The second kappa shape index (κ2) is 3.90. The lowest BCUT2D eigenvalue weighted by Crippen LogP contribution is -2.11. The largest absolute Gasteiger partial charge is 0.256 e. The maximum absolute atomic E-state index is 4.38. The Bertz CT molecular complexity index is 471. The van der Waals surface area contributed by atoms with E-state index < -0.39 is 0 Å². The first-order valence-electron chi connectivity index (χ1n) is 5.28. The van der Waals surface area contributed by atoms with Gasteiger partial charge in [-0.1, -0.05) is 32.0 Å². The van der Waals surface area contributed by atoms with Crippen LogP contribution in [0.1, 0.15) is 25.8 Å². The van der Waals surface area contributed by atoms with Gasteiger partial charge in [0.2, 0.25) is 0 Å². The van der Waals surface area contributed by atoms with E-state index in [9.17, 15) is 0 Å². The van der Waals surface area contributed by atoms with E-state index in [0.29, 0.717) is 0 Å². The molecular formula is C13H16NP. The molecule has 0 aliphatic heterocycles. The summed E-state index contributed by atoms with van der Waals surface area (Å²) >= 11 is 0. The molecule has 15 heavy (non-hydrogen) atoms. The van der Waals surface area contributed by atoms with E-state index in [4.69, 9.17) is 0 Å². The first-order valence-corrected chi connectivity index (χ1v) is 5.86. The highest BCUT2D eigenvalue weighted by atomic mass is 31.0. The van der Waals surface area contributed by atoms with Crippen LogP contribution in [-0.4, -0.2) is 4.98 Å². The first kappa shape index (κ1) is 10.6.